The maximum absolute atomic E-state index is 5.70. The molecule has 0 bridgehead atoms. The van der Waals surface area contributed by atoms with E-state index in [0.717, 1.165) is 29.4 Å². The van der Waals surface area contributed by atoms with Crippen LogP contribution in [0.5, 0.6) is 0 Å². The topological polar surface area (TPSA) is 58.3 Å². The summed E-state index contributed by atoms with van der Waals surface area (Å²) < 4.78 is 0.933. The molecule has 3 heterocycles. The molecule has 1 aromatic rings. The number of hydrogen-bond acceptors (Lipinski definition) is 5. The fourth-order valence-corrected chi connectivity index (χ4v) is 3.76. The third kappa shape index (κ3) is 3.06. The molecule has 0 unspecified atom stereocenters. The van der Waals surface area contributed by atoms with E-state index in [1.165, 1.54) is 45.2 Å². The zero-order valence-corrected chi connectivity index (χ0v) is 13.3. The molecule has 6 heteroatoms. The van der Waals surface area contributed by atoms with Crippen LogP contribution in [0.2, 0.25) is 0 Å². The highest BCUT2D eigenvalue weighted by molar-refractivity contribution is 9.10. The summed E-state index contributed by atoms with van der Waals surface area (Å²) >= 11 is 3.53. The summed E-state index contributed by atoms with van der Waals surface area (Å²) in [5.41, 5.74) is 5.70. The first-order valence-electron chi connectivity index (χ1n) is 7.51. The number of likely N-dealkylation sites (tertiary alicyclic amines) is 1. The van der Waals surface area contributed by atoms with Crippen molar-refractivity contribution in [3.8, 4) is 0 Å². The van der Waals surface area contributed by atoms with Crippen LogP contribution in [0.4, 0.5) is 11.8 Å². The van der Waals surface area contributed by atoms with Crippen molar-refractivity contribution < 1.29 is 0 Å². The first-order valence-corrected chi connectivity index (χ1v) is 8.30. The number of anilines is 2. The van der Waals surface area contributed by atoms with Crippen LogP contribution in [0.15, 0.2) is 10.7 Å². The summed E-state index contributed by atoms with van der Waals surface area (Å²) in [7, 11) is 0. The molecule has 2 aliphatic heterocycles. The molecule has 2 saturated heterocycles. The Kier molecular flexibility index (Phi) is 4.41. The number of rotatable bonds is 2. The molecule has 0 aliphatic carbocycles. The molecule has 0 aromatic carbocycles. The summed E-state index contributed by atoms with van der Waals surface area (Å²) in [6.07, 6.45) is 8.33. The van der Waals surface area contributed by atoms with Gasteiger partial charge in [0.1, 0.15) is 5.82 Å². The largest absolute Gasteiger partial charge is 0.368 e. The molecular formula is C14H22BrN5. The summed E-state index contributed by atoms with van der Waals surface area (Å²) in [6.45, 7) is 4.68. The smallest absolute Gasteiger partial charge is 0.222 e. The quantitative estimate of drug-likeness (QED) is 0.895. The Balaban J connectivity index is 1.61. The predicted molar refractivity (Wildman–Crippen MR) is 84.8 cm³/mol. The van der Waals surface area contributed by atoms with Crippen LogP contribution in [0.3, 0.4) is 0 Å². The molecular weight excluding hydrogens is 318 g/mol. The molecule has 0 saturated carbocycles. The summed E-state index contributed by atoms with van der Waals surface area (Å²) in [5.74, 6) is 1.29. The second kappa shape index (κ2) is 6.26. The minimum Gasteiger partial charge on any atom is -0.368 e. The molecule has 3 rings (SSSR count). The van der Waals surface area contributed by atoms with Crippen molar-refractivity contribution in [3.63, 3.8) is 0 Å². The molecule has 0 radical (unpaired) electrons. The van der Waals surface area contributed by atoms with Gasteiger partial charge in [-0.05, 0) is 54.7 Å². The minimum absolute atomic E-state index is 0.348. The van der Waals surface area contributed by atoms with Crippen LogP contribution in [0, 0.1) is 0 Å². The Morgan fingerprint density at radius 3 is 2.50 bits per heavy atom. The average molecular weight is 340 g/mol. The lowest BCUT2D eigenvalue weighted by atomic mass is 10.00. The normalized spacial score (nSPS) is 22.1. The van der Waals surface area contributed by atoms with E-state index in [1.54, 1.807) is 6.20 Å². The highest BCUT2D eigenvalue weighted by Gasteiger charge is 2.26. The van der Waals surface area contributed by atoms with Crippen molar-refractivity contribution in [1.82, 2.24) is 14.9 Å². The number of piperidine rings is 2. The van der Waals surface area contributed by atoms with Crippen molar-refractivity contribution in [2.75, 3.05) is 36.8 Å². The van der Waals surface area contributed by atoms with Gasteiger partial charge in [-0.3, -0.25) is 0 Å². The summed E-state index contributed by atoms with van der Waals surface area (Å²) in [6, 6.07) is 0.754. The molecule has 2 fully saturated rings. The van der Waals surface area contributed by atoms with Crippen LogP contribution < -0.4 is 10.6 Å². The lowest BCUT2D eigenvalue weighted by Crippen LogP contribution is -2.47. The summed E-state index contributed by atoms with van der Waals surface area (Å²) in [5, 5.41) is 0. The fourth-order valence-electron chi connectivity index (χ4n) is 3.32. The first kappa shape index (κ1) is 14.1. The van der Waals surface area contributed by atoms with Crippen LogP contribution in [-0.2, 0) is 0 Å². The van der Waals surface area contributed by atoms with Crippen LogP contribution >= 0.6 is 15.9 Å². The molecule has 110 valence electrons. The van der Waals surface area contributed by atoms with Gasteiger partial charge in [-0.2, -0.15) is 4.98 Å². The summed E-state index contributed by atoms with van der Waals surface area (Å²) in [4.78, 5) is 13.4. The van der Waals surface area contributed by atoms with Gasteiger partial charge in [-0.25, -0.2) is 4.98 Å². The van der Waals surface area contributed by atoms with Gasteiger partial charge in [0, 0.05) is 25.3 Å². The van der Waals surface area contributed by atoms with E-state index in [1.807, 2.05) is 0 Å². The van der Waals surface area contributed by atoms with Gasteiger partial charge in [0.05, 0.1) is 4.47 Å². The minimum atomic E-state index is 0.348. The third-order valence-corrected chi connectivity index (χ3v) is 4.97. The number of hydrogen-bond donors (Lipinski definition) is 1. The van der Waals surface area contributed by atoms with Gasteiger partial charge in [-0.15, -0.1) is 0 Å². The number of halogens is 1. The van der Waals surface area contributed by atoms with Crippen LogP contribution in [0.25, 0.3) is 0 Å². The molecule has 2 N–H and O–H groups in total. The van der Waals surface area contributed by atoms with E-state index in [-0.39, 0.29) is 0 Å². The molecule has 20 heavy (non-hydrogen) atoms. The van der Waals surface area contributed by atoms with Crippen LogP contribution in [-0.4, -0.2) is 47.1 Å². The van der Waals surface area contributed by atoms with E-state index < -0.39 is 0 Å². The van der Waals surface area contributed by atoms with E-state index in [2.05, 4.69) is 35.7 Å². The van der Waals surface area contributed by atoms with Gasteiger partial charge < -0.3 is 15.5 Å². The zero-order chi connectivity index (χ0) is 13.9. The zero-order valence-electron chi connectivity index (χ0n) is 11.8. The molecule has 1 aromatic heterocycles. The van der Waals surface area contributed by atoms with Crippen molar-refractivity contribution in [2.45, 2.75) is 38.1 Å². The highest BCUT2D eigenvalue weighted by Crippen LogP contribution is 2.28. The third-order valence-electron chi connectivity index (χ3n) is 4.42. The highest BCUT2D eigenvalue weighted by atomic mass is 79.9. The number of aromatic nitrogens is 2. The second-order valence-electron chi connectivity index (χ2n) is 5.71. The van der Waals surface area contributed by atoms with Crippen LogP contribution in [0.1, 0.15) is 32.1 Å². The van der Waals surface area contributed by atoms with Gasteiger partial charge in [0.2, 0.25) is 5.95 Å². The van der Waals surface area contributed by atoms with Gasteiger partial charge in [0.15, 0.2) is 0 Å². The predicted octanol–water partition coefficient (Wildman–Crippen LogP) is 2.28. The Morgan fingerprint density at radius 1 is 1.10 bits per heavy atom. The number of nitrogen functional groups attached to an aromatic ring is 1. The molecule has 0 spiro atoms. The van der Waals surface area contributed by atoms with E-state index in [0.29, 0.717) is 5.95 Å². The Labute approximate surface area is 128 Å². The van der Waals surface area contributed by atoms with E-state index in [4.69, 9.17) is 5.73 Å². The molecule has 0 atom stereocenters. The van der Waals surface area contributed by atoms with Crippen molar-refractivity contribution >= 4 is 27.7 Å². The van der Waals surface area contributed by atoms with Crippen molar-refractivity contribution in [1.29, 1.82) is 0 Å². The van der Waals surface area contributed by atoms with E-state index >= 15 is 0 Å². The van der Waals surface area contributed by atoms with Crippen molar-refractivity contribution in [2.24, 2.45) is 0 Å². The lowest BCUT2D eigenvalue weighted by Gasteiger charge is -2.40. The van der Waals surface area contributed by atoms with E-state index in [9.17, 15) is 0 Å². The second-order valence-corrected chi connectivity index (χ2v) is 6.57. The molecule has 5 nitrogen and oxygen atoms in total. The number of nitrogens with zero attached hydrogens (tertiary/aromatic N) is 4. The SMILES string of the molecule is Nc1ncc(Br)c(N2CCC(N3CCCCC3)CC2)n1. The number of nitrogens with two attached hydrogens (primary N) is 1. The first-order chi connectivity index (χ1) is 9.74. The Morgan fingerprint density at radius 2 is 1.80 bits per heavy atom. The fraction of sp³-hybridized carbons (Fsp3) is 0.714. The van der Waals surface area contributed by atoms with Crippen molar-refractivity contribution in [3.05, 3.63) is 10.7 Å². The van der Waals surface area contributed by atoms with Gasteiger partial charge in [-0.1, -0.05) is 6.42 Å². The van der Waals surface area contributed by atoms with Gasteiger partial charge >= 0.3 is 0 Å². The maximum Gasteiger partial charge on any atom is 0.222 e. The Bertz CT molecular complexity index is 453. The maximum atomic E-state index is 5.70. The average Bonchev–Trinajstić information content (AvgIpc) is 2.51. The lowest BCUT2D eigenvalue weighted by molar-refractivity contribution is 0.141. The monoisotopic (exact) mass is 339 g/mol. The van der Waals surface area contributed by atoms with Gasteiger partial charge in [0.25, 0.3) is 0 Å². The molecule has 0 amide bonds. The molecule has 2 aliphatic rings. The standard InChI is InChI=1S/C14H22BrN5/c15-12-10-17-14(16)18-13(12)20-8-4-11(5-9-20)19-6-2-1-3-7-19/h10-11H,1-9H2,(H2,16,17,18). The Hall–Kier alpha value is -0.880.